The minimum Gasteiger partial charge on any atom is -0.496 e. The number of rotatable bonds is 8. The monoisotopic (exact) mass is 494 g/mol. The van der Waals surface area contributed by atoms with Gasteiger partial charge in [0.2, 0.25) is 15.9 Å². The van der Waals surface area contributed by atoms with Crippen molar-refractivity contribution in [3.63, 3.8) is 0 Å². The van der Waals surface area contributed by atoms with E-state index in [0.29, 0.717) is 41.8 Å². The number of carbonyl (C=O) groups is 1. The van der Waals surface area contributed by atoms with Gasteiger partial charge in [0.1, 0.15) is 17.2 Å². The fourth-order valence-corrected chi connectivity index (χ4v) is 5.17. The Hall–Kier alpha value is -2.75. The number of amides is 1. The molecule has 1 N–H and O–H groups in total. The highest BCUT2D eigenvalue weighted by Crippen LogP contribution is 2.40. The van der Waals surface area contributed by atoms with Crippen LogP contribution in [0.25, 0.3) is 5.57 Å². The van der Waals surface area contributed by atoms with E-state index in [1.807, 2.05) is 6.08 Å². The maximum atomic E-state index is 12.9. The SMILES string of the molecule is COc1cc(OC)c(C2=CCN(C(=O)[C@H](C)NS(=O)(=O)c3cccc(Cl)c3)CC2)c(OC)c1. The van der Waals surface area contributed by atoms with Gasteiger partial charge in [-0.05, 0) is 37.1 Å². The quantitative estimate of drug-likeness (QED) is 0.605. The number of hydrogen-bond acceptors (Lipinski definition) is 6. The summed E-state index contributed by atoms with van der Waals surface area (Å²) in [5.74, 6) is 1.52. The summed E-state index contributed by atoms with van der Waals surface area (Å²) in [5, 5.41) is 0.301. The molecule has 1 heterocycles. The summed E-state index contributed by atoms with van der Waals surface area (Å²) in [4.78, 5) is 14.5. The van der Waals surface area contributed by atoms with Gasteiger partial charge in [-0.25, -0.2) is 8.42 Å². The third kappa shape index (κ3) is 5.61. The lowest BCUT2D eigenvalue weighted by Gasteiger charge is -2.30. The van der Waals surface area contributed by atoms with E-state index >= 15 is 0 Å². The third-order valence-electron chi connectivity index (χ3n) is 5.37. The van der Waals surface area contributed by atoms with Crippen LogP contribution < -0.4 is 18.9 Å². The third-order valence-corrected chi connectivity index (χ3v) is 7.14. The van der Waals surface area contributed by atoms with Crippen molar-refractivity contribution in [1.29, 1.82) is 0 Å². The second-order valence-corrected chi connectivity index (χ2v) is 9.62. The van der Waals surface area contributed by atoms with Crippen LogP contribution >= 0.6 is 11.6 Å². The number of carbonyl (C=O) groups excluding carboxylic acids is 1. The summed E-state index contributed by atoms with van der Waals surface area (Å²) in [7, 11) is 0.830. The van der Waals surface area contributed by atoms with Gasteiger partial charge in [0, 0.05) is 30.2 Å². The molecule has 2 aromatic carbocycles. The number of methoxy groups -OCH3 is 3. The minimum atomic E-state index is -3.89. The minimum absolute atomic E-state index is 0.00849. The molecule has 3 rings (SSSR count). The van der Waals surface area contributed by atoms with Crippen LogP contribution in [0.2, 0.25) is 5.02 Å². The number of benzene rings is 2. The first-order valence-corrected chi connectivity index (χ1v) is 12.1. The molecular formula is C23H27ClN2O6S. The van der Waals surface area contributed by atoms with Gasteiger partial charge in [0.05, 0.1) is 37.8 Å². The zero-order valence-corrected chi connectivity index (χ0v) is 20.5. The van der Waals surface area contributed by atoms with E-state index in [1.165, 1.54) is 19.1 Å². The number of halogens is 1. The molecule has 0 unspecified atom stereocenters. The summed E-state index contributed by atoms with van der Waals surface area (Å²) in [6, 6.07) is 8.52. The van der Waals surface area contributed by atoms with Crippen LogP contribution in [-0.4, -0.2) is 59.7 Å². The number of ether oxygens (including phenoxy) is 3. The zero-order valence-electron chi connectivity index (χ0n) is 18.9. The summed E-state index contributed by atoms with van der Waals surface area (Å²) in [5.41, 5.74) is 1.78. The maximum absolute atomic E-state index is 12.9. The molecule has 8 nitrogen and oxygen atoms in total. The fourth-order valence-electron chi connectivity index (χ4n) is 3.68. The van der Waals surface area contributed by atoms with Crippen LogP contribution in [0.4, 0.5) is 0 Å². The highest BCUT2D eigenvalue weighted by molar-refractivity contribution is 7.89. The van der Waals surface area contributed by atoms with Crippen LogP contribution in [0.15, 0.2) is 47.4 Å². The normalized spacial score (nSPS) is 14.9. The number of sulfonamides is 1. The van der Waals surface area contributed by atoms with Gasteiger partial charge in [0.25, 0.3) is 0 Å². The first-order valence-electron chi connectivity index (χ1n) is 10.3. The van der Waals surface area contributed by atoms with Gasteiger partial charge in [-0.2, -0.15) is 4.72 Å². The lowest BCUT2D eigenvalue weighted by Crippen LogP contribution is -2.48. The molecule has 1 amide bonds. The Labute approximate surface area is 199 Å². The number of nitrogens with one attached hydrogen (secondary N) is 1. The molecule has 0 fully saturated rings. The van der Waals surface area contributed by atoms with Gasteiger partial charge in [0.15, 0.2) is 0 Å². The molecule has 0 saturated carbocycles. The van der Waals surface area contributed by atoms with Gasteiger partial charge in [-0.15, -0.1) is 0 Å². The Morgan fingerprint density at radius 2 is 1.76 bits per heavy atom. The van der Waals surface area contributed by atoms with Crippen molar-refractivity contribution in [2.75, 3.05) is 34.4 Å². The molecule has 178 valence electrons. The van der Waals surface area contributed by atoms with E-state index in [1.54, 1.807) is 50.5 Å². The molecule has 0 aliphatic carbocycles. The zero-order chi connectivity index (χ0) is 24.2. The van der Waals surface area contributed by atoms with Crippen molar-refractivity contribution in [1.82, 2.24) is 9.62 Å². The van der Waals surface area contributed by atoms with E-state index in [4.69, 9.17) is 25.8 Å². The topological polar surface area (TPSA) is 94.2 Å². The second kappa shape index (κ2) is 10.5. The lowest BCUT2D eigenvalue weighted by molar-refractivity contribution is -0.132. The van der Waals surface area contributed by atoms with Crippen molar-refractivity contribution in [2.24, 2.45) is 0 Å². The molecule has 33 heavy (non-hydrogen) atoms. The summed E-state index contributed by atoms with van der Waals surface area (Å²) in [6.07, 6.45) is 2.48. The largest absolute Gasteiger partial charge is 0.496 e. The Bertz CT molecular complexity index is 1140. The maximum Gasteiger partial charge on any atom is 0.241 e. The molecule has 0 radical (unpaired) electrons. The Morgan fingerprint density at radius 1 is 1.09 bits per heavy atom. The van der Waals surface area contributed by atoms with E-state index in [2.05, 4.69) is 4.72 Å². The van der Waals surface area contributed by atoms with Crippen LogP contribution in [0.1, 0.15) is 18.9 Å². The van der Waals surface area contributed by atoms with Gasteiger partial charge < -0.3 is 19.1 Å². The van der Waals surface area contributed by atoms with E-state index in [-0.39, 0.29) is 10.8 Å². The Morgan fingerprint density at radius 3 is 2.27 bits per heavy atom. The molecule has 0 bridgehead atoms. The van der Waals surface area contributed by atoms with E-state index in [0.717, 1.165) is 11.1 Å². The van der Waals surface area contributed by atoms with Crippen LogP contribution in [-0.2, 0) is 14.8 Å². The molecule has 1 aliphatic rings. The van der Waals surface area contributed by atoms with Gasteiger partial charge >= 0.3 is 0 Å². The van der Waals surface area contributed by atoms with Crippen molar-refractivity contribution in [3.8, 4) is 17.2 Å². The molecule has 0 aromatic heterocycles. The predicted molar refractivity (Wildman–Crippen MR) is 127 cm³/mol. The lowest BCUT2D eigenvalue weighted by atomic mass is 9.97. The molecule has 1 atom stereocenters. The summed E-state index contributed by atoms with van der Waals surface area (Å²) >= 11 is 5.90. The van der Waals surface area contributed by atoms with Crippen LogP contribution in [0.3, 0.4) is 0 Å². The van der Waals surface area contributed by atoms with Gasteiger partial charge in [-0.1, -0.05) is 23.7 Å². The van der Waals surface area contributed by atoms with Crippen LogP contribution in [0, 0.1) is 0 Å². The standard InChI is InChI=1S/C23H27ClN2O6S/c1-15(25-33(28,29)19-7-5-6-17(24)12-19)23(27)26-10-8-16(9-11-26)22-20(31-3)13-18(30-2)14-21(22)32-4/h5-8,12-15,25H,9-11H2,1-4H3/t15-/m0/s1. The van der Waals surface area contributed by atoms with Gasteiger partial charge in [-0.3, -0.25) is 4.79 Å². The molecule has 2 aromatic rings. The first-order chi connectivity index (χ1) is 15.7. The molecule has 10 heteroatoms. The Balaban J connectivity index is 1.75. The number of hydrogen-bond donors (Lipinski definition) is 1. The van der Waals surface area contributed by atoms with E-state index in [9.17, 15) is 13.2 Å². The summed E-state index contributed by atoms with van der Waals surface area (Å²) in [6.45, 7) is 2.28. The van der Waals surface area contributed by atoms with Crippen molar-refractivity contribution >= 4 is 33.1 Å². The highest BCUT2D eigenvalue weighted by atomic mass is 35.5. The van der Waals surface area contributed by atoms with Crippen molar-refractivity contribution in [2.45, 2.75) is 24.3 Å². The molecule has 0 saturated heterocycles. The average Bonchev–Trinajstić information content (AvgIpc) is 2.82. The average molecular weight is 495 g/mol. The van der Waals surface area contributed by atoms with Crippen LogP contribution in [0.5, 0.6) is 17.2 Å². The van der Waals surface area contributed by atoms with Crippen molar-refractivity contribution in [3.05, 3.63) is 53.1 Å². The first kappa shape index (κ1) is 24.9. The van der Waals surface area contributed by atoms with Crippen molar-refractivity contribution < 1.29 is 27.4 Å². The fraction of sp³-hybridized carbons (Fsp3) is 0.348. The highest BCUT2D eigenvalue weighted by Gasteiger charge is 2.28. The molecule has 1 aliphatic heterocycles. The molecular weight excluding hydrogens is 468 g/mol. The summed E-state index contributed by atoms with van der Waals surface area (Å²) < 4.78 is 44.0. The smallest absolute Gasteiger partial charge is 0.241 e. The number of nitrogens with zero attached hydrogens (tertiary/aromatic N) is 1. The Kier molecular flexibility index (Phi) is 7.88. The van der Waals surface area contributed by atoms with E-state index < -0.39 is 16.1 Å². The predicted octanol–water partition coefficient (Wildman–Crippen LogP) is 3.35. The molecule has 0 spiro atoms. The second-order valence-electron chi connectivity index (χ2n) is 7.47.